The number of rotatable bonds is 9. The van der Waals surface area contributed by atoms with Crippen LogP contribution in [0.1, 0.15) is 22.4 Å². The standard InChI is InChI=1S/C28H27F3N4O4/c29-28(30,31)24-9-6-21(17-32-24)8-11-26(36)35(23(27(37)38)16-20-4-2-1-3-5-20)19-22-7-10-25(33-18-22)34-12-14-39-15-13-34/h1-11,17-18,23H,12-16,19H2,(H,37,38)/b11-8+/t23-/m0/s1. The molecule has 0 bridgehead atoms. The molecule has 11 heteroatoms. The van der Waals surface area contributed by atoms with Crippen molar-refractivity contribution >= 4 is 23.8 Å². The van der Waals surface area contributed by atoms with E-state index >= 15 is 0 Å². The molecule has 1 aliphatic rings. The number of alkyl halides is 3. The van der Waals surface area contributed by atoms with Crippen molar-refractivity contribution in [3.8, 4) is 0 Å². The summed E-state index contributed by atoms with van der Waals surface area (Å²) in [4.78, 5) is 36.8. The van der Waals surface area contributed by atoms with Gasteiger partial charge in [0.05, 0.1) is 13.2 Å². The molecule has 1 fully saturated rings. The lowest BCUT2D eigenvalue weighted by Gasteiger charge is -2.29. The number of hydrogen-bond acceptors (Lipinski definition) is 6. The first-order chi connectivity index (χ1) is 18.7. The third-order valence-electron chi connectivity index (χ3n) is 6.21. The van der Waals surface area contributed by atoms with Crippen LogP contribution in [0.5, 0.6) is 0 Å². The predicted octanol–water partition coefficient (Wildman–Crippen LogP) is 4.07. The zero-order chi connectivity index (χ0) is 27.8. The Hall–Kier alpha value is -4.25. The number of carbonyl (C=O) groups excluding carboxylic acids is 1. The molecule has 2 aromatic heterocycles. The van der Waals surface area contributed by atoms with Crippen molar-refractivity contribution < 1.29 is 32.6 Å². The topological polar surface area (TPSA) is 95.9 Å². The highest BCUT2D eigenvalue weighted by atomic mass is 19.4. The average Bonchev–Trinajstić information content (AvgIpc) is 2.94. The zero-order valence-corrected chi connectivity index (χ0v) is 20.9. The summed E-state index contributed by atoms with van der Waals surface area (Å²) in [6, 6.07) is 13.4. The number of carboxylic acids is 1. The fraction of sp³-hybridized carbons (Fsp3) is 0.286. The molecule has 0 aliphatic carbocycles. The monoisotopic (exact) mass is 540 g/mol. The lowest BCUT2D eigenvalue weighted by molar-refractivity contribution is -0.148. The second-order valence-electron chi connectivity index (χ2n) is 8.94. The maximum absolute atomic E-state index is 13.3. The van der Waals surface area contributed by atoms with Gasteiger partial charge in [-0.1, -0.05) is 42.5 Å². The summed E-state index contributed by atoms with van der Waals surface area (Å²) in [7, 11) is 0. The number of amides is 1. The van der Waals surface area contributed by atoms with Gasteiger partial charge in [-0.15, -0.1) is 0 Å². The molecule has 1 saturated heterocycles. The molecule has 1 amide bonds. The largest absolute Gasteiger partial charge is 0.480 e. The van der Waals surface area contributed by atoms with Gasteiger partial charge in [-0.25, -0.2) is 9.78 Å². The molecule has 3 aromatic rings. The number of hydrogen-bond donors (Lipinski definition) is 1. The van der Waals surface area contributed by atoms with Gasteiger partial charge in [0.1, 0.15) is 17.6 Å². The van der Waals surface area contributed by atoms with Gasteiger partial charge in [-0.05, 0) is 34.9 Å². The van der Waals surface area contributed by atoms with E-state index in [-0.39, 0.29) is 18.5 Å². The van der Waals surface area contributed by atoms with Crippen LogP contribution in [0.3, 0.4) is 0 Å². The third-order valence-corrected chi connectivity index (χ3v) is 6.21. The molecule has 8 nitrogen and oxygen atoms in total. The van der Waals surface area contributed by atoms with Crippen LogP contribution < -0.4 is 4.90 Å². The highest BCUT2D eigenvalue weighted by molar-refractivity contribution is 5.94. The summed E-state index contributed by atoms with van der Waals surface area (Å²) in [5, 5.41) is 10.1. The van der Waals surface area contributed by atoms with Crippen molar-refractivity contribution in [2.45, 2.75) is 25.2 Å². The number of carboxylic acid groups (broad SMARTS) is 1. The molecule has 0 saturated carbocycles. The van der Waals surface area contributed by atoms with Crippen LogP contribution in [-0.2, 0) is 33.5 Å². The predicted molar refractivity (Wildman–Crippen MR) is 138 cm³/mol. The van der Waals surface area contributed by atoms with Gasteiger partial charge < -0.3 is 19.6 Å². The quantitative estimate of drug-likeness (QED) is 0.409. The molecule has 1 N–H and O–H groups in total. The van der Waals surface area contributed by atoms with E-state index in [0.717, 1.165) is 29.7 Å². The number of halogens is 3. The Morgan fingerprint density at radius 3 is 2.33 bits per heavy atom. The Balaban J connectivity index is 1.57. The van der Waals surface area contributed by atoms with Crippen molar-refractivity contribution in [2.75, 3.05) is 31.2 Å². The molecular formula is C28H27F3N4O4. The van der Waals surface area contributed by atoms with Gasteiger partial charge in [0.15, 0.2) is 0 Å². The minimum absolute atomic E-state index is 0.0331. The molecule has 1 aromatic carbocycles. The number of anilines is 1. The first-order valence-electron chi connectivity index (χ1n) is 12.3. The smallest absolute Gasteiger partial charge is 0.433 e. The van der Waals surface area contributed by atoms with Crippen LogP contribution in [0.15, 0.2) is 73.1 Å². The Morgan fingerprint density at radius 2 is 1.74 bits per heavy atom. The van der Waals surface area contributed by atoms with Crippen molar-refractivity contribution in [2.24, 2.45) is 0 Å². The van der Waals surface area contributed by atoms with Gasteiger partial charge in [0.2, 0.25) is 5.91 Å². The summed E-state index contributed by atoms with van der Waals surface area (Å²) in [6.07, 6.45) is 0.549. The van der Waals surface area contributed by atoms with Crippen molar-refractivity contribution in [3.05, 3.63) is 95.5 Å². The first kappa shape index (κ1) is 27.8. The Kier molecular flexibility index (Phi) is 8.92. The SMILES string of the molecule is O=C(O)[C@H](Cc1ccccc1)N(Cc1ccc(N2CCOCC2)nc1)C(=O)/C=C/c1ccc(C(F)(F)F)nc1. The second kappa shape index (κ2) is 12.5. The van der Waals surface area contributed by atoms with Crippen LogP contribution in [0.4, 0.5) is 19.0 Å². The molecule has 0 unspecified atom stereocenters. The molecule has 204 valence electrons. The van der Waals surface area contributed by atoms with E-state index < -0.39 is 29.8 Å². The highest BCUT2D eigenvalue weighted by Gasteiger charge is 2.32. The number of benzene rings is 1. The fourth-order valence-electron chi connectivity index (χ4n) is 4.13. The fourth-order valence-corrected chi connectivity index (χ4v) is 4.13. The third kappa shape index (κ3) is 7.64. The molecular weight excluding hydrogens is 513 g/mol. The van der Waals surface area contributed by atoms with E-state index in [2.05, 4.69) is 14.9 Å². The molecule has 3 heterocycles. The van der Waals surface area contributed by atoms with Crippen LogP contribution in [0.2, 0.25) is 0 Å². The molecule has 0 radical (unpaired) electrons. The summed E-state index contributed by atoms with van der Waals surface area (Å²) in [6.45, 7) is 2.59. The number of aromatic nitrogens is 2. The van der Waals surface area contributed by atoms with Crippen LogP contribution in [-0.4, -0.2) is 64.2 Å². The van der Waals surface area contributed by atoms with Gasteiger partial charge in [0, 0.05) is 44.5 Å². The number of morpholine rings is 1. The Bertz CT molecular complexity index is 1280. The minimum atomic E-state index is -4.58. The highest BCUT2D eigenvalue weighted by Crippen LogP contribution is 2.27. The van der Waals surface area contributed by atoms with Gasteiger partial charge in [-0.3, -0.25) is 9.78 Å². The Labute approximate surface area is 223 Å². The van der Waals surface area contributed by atoms with Crippen molar-refractivity contribution in [3.63, 3.8) is 0 Å². The van der Waals surface area contributed by atoms with E-state index in [4.69, 9.17) is 4.74 Å². The number of carbonyl (C=O) groups is 2. The van der Waals surface area contributed by atoms with E-state index in [1.165, 1.54) is 17.0 Å². The summed E-state index contributed by atoms with van der Waals surface area (Å²) >= 11 is 0. The van der Waals surface area contributed by atoms with Crippen molar-refractivity contribution in [1.29, 1.82) is 0 Å². The molecule has 4 rings (SSSR count). The number of aliphatic carboxylic acids is 1. The lowest BCUT2D eigenvalue weighted by atomic mass is 10.0. The van der Waals surface area contributed by atoms with Gasteiger partial charge >= 0.3 is 12.1 Å². The maximum Gasteiger partial charge on any atom is 0.433 e. The first-order valence-corrected chi connectivity index (χ1v) is 12.3. The van der Waals surface area contributed by atoms with Gasteiger partial charge in [0.25, 0.3) is 0 Å². The van der Waals surface area contributed by atoms with E-state index in [1.54, 1.807) is 36.5 Å². The summed E-state index contributed by atoms with van der Waals surface area (Å²) < 4.78 is 43.8. The zero-order valence-electron chi connectivity index (χ0n) is 20.9. The second-order valence-corrected chi connectivity index (χ2v) is 8.94. The maximum atomic E-state index is 13.3. The molecule has 1 aliphatic heterocycles. The Morgan fingerprint density at radius 1 is 1.00 bits per heavy atom. The molecule has 0 spiro atoms. The van der Waals surface area contributed by atoms with Crippen molar-refractivity contribution in [1.82, 2.24) is 14.9 Å². The normalized spacial score (nSPS) is 14.8. The average molecular weight is 541 g/mol. The lowest BCUT2D eigenvalue weighted by Crippen LogP contribution is -2.45. The van der Waals surface area contributed by atoms with E-state index in [0.29, 0.717) is 31.9 Å². The molecule has 1 atom stereocenters. The van der Waals surface area contributed by atoms with Crippen LogP contribution in [0, 0.1) is 0 Å². The summed E-state index contributed by atoms with van der Waals surface area (Å²) in [5.41, 5.74) is 0.584. The van der Waals surface area contributed by atoms with Crippen LogP contribution >= 0.6 is 0 Å². The molecule has 39 heavy (non-hydrogen) atoms. The van der Waals surface area contributed by atoms with Crippen LogP contribution in [0.25, 0.3) is 6.08 Å². The number of ether oxygens (including phenoxy) is 1. The van der Waals surface area contributed by atoms with Gasteiger partial charge in [-0.2, -0.15) is 13.2 Å². The summed E-state index contributed by atoms with van der Waals surface area (Å²) in [5.74, 6) is -1.04. The number of nitrogens with zero attached hydrogens (tertiary/aromatic N) is 4. The number of pyridine rings is 2. The van der Waals surface area contributed by atoms with E-state index in [9.17, 15) is 27.9 Å². The van der Waals surface area contributed by atoms with E-state index in [1.807, 2.05) is 12.1 Å². The minimum Gasteiger partial charge on any atom is -0.480 e.